The summed E-state index contributed by atoms with van der Waals surface area (Å²) < 4.78 is 18.6. The van der Waals surface area contributed by atoms with E-state index in [9.17, 15) is 9.28 Å². The molecule has 0 fully saturated rings. The number of nitrogens with zero attached hydrogens (tertiary/aromatic N) is 1. The highest BCUT2D eigenvalue weighted by molar-refractivity contribution is 5.85. The molecule has 2 aromatic carbocycles. The monoisotopic (exact) mass is 302 g/mol. The number of anilines is 1. The largest absolute Gasteiger partial charge is 0.473 e. The van der Waals surface area contributed by atoms with Crippen molar-refractivity contribution in [2.45, 2.75) is 12.5 Å². The first-order valence-corrected chi connectivity index (χ1v) is 6.90. The van der Waals surface area contributed by atoms with Gasteiger partial charge in [0.05, 0.1) is 0 Å². The standard InChI is InChI=1S/C17H19FN2O2/c1-17(16(21)19-18,13-8-5-4-6-9-13)22-15-11-7-10-14(12-15)20(2)3/h4-12H,1-3H3,(H,19,21). The van der Waals surface area contributed by atoms with Gasteiger partial charge in [-0.2, -0.15) is 5.54 Å². The molecule has 0 spiro atoms. The van der Waals surface area contributed by atoms with Crippen molar-refractivity contribution in [1.29, 1.82) is 0 Å². The second kappa shape index (κ2) is 6.47. The van der Waals surface area contributed by atoms with Crippen LogP contribution in [0, 0.1) is 0 Å². The zero-order valence-corrected chi connectivity index (χ0v) is 12.8. The van der Waals surface area contributed by atoms with Crippen molar-refractivity contribution in [2.24, 2.45) is 0 Å². The number of amides is 1. The first kappa shape index (κ1) is 15.8. The average molecular weight is 302 g/mol. The van der Waals surface area contributed by atoms with Crippen LogP contribution in [-0.4, -0.2) is 20.0 Å². The number of hydrogen-bond donors (Lipinski definition) is 1. The van der Waals surface area contributed by atoms with Crippen LogP contribution in [0.2, 0.25) is 0 Å². The number of carbonyl (C=O) groups excluding carboxylic acids is 1. The predicted octanol–water partition coefficient (Wildman–Crippen LogP) is 3.05. The molecule has 116 valence electrons. The van der Waals surface area contributed by atoms with Crippen LogP contribution >= 0.6 is 0 Å². The van der Waals surface area contributed by atoms with E-state index in [1.165, 1.54) is 5.54 Å². The highest BCUT2D eigenvalue weighted by atomic mass is 19.2. The molecule has 5 heteroatoms. The van der Waals surface area contributed by atoms with Gasteiger partial charge in [0.15, 0.2) is 0 Å². The van der Waals surface area contributed by atoms with Crippen LogP contribution in [0.1, 0.15) is 12.5 Å². The maximum atomic E-state index is 12.8. The summed E-state index contributed by atoms with van der Waals surface area (Å²) in [6.45, 7) is 1.54. The SMILES string of the molecule is CN(C)c1cccc(OC(C)(C(=O)NF)c2ccccc2)c1. The number of carbonyl (C=O) groups is 1. The molecule has 0 aliphatic carbocycles. The van der Waals surface area contributed by atoms with Gasteiger partial charge in [0, 0.05) is 31.4 Å². The Kier molecular flexibility index (Phi) is 4.65. The molecule has 4 nitrogen and oxygen atoms in total. The Hall–Kier alpha value is -2.56. The topological polar surface area (TPSA) is 41.6 Å². The molecule has 0 heterocycles. The van der Waals surface area contributed by atoms with E-state index < -0.39 is 11.5 Å². The maximum absolute atomic E-state index is 12.8. The molecule has 0 bridgehead atoms. The number of hydrogen-bond acceptors (Lipinski definition) is 3. The van der Waals surface area contributed by atoms with Crippen molar-refractivity contribution < 1.29 is 14.0 Å². The molecular formula is C17H19FN2O2. The van der Waals surface area contributed by atoms with Gasteiger partial charge in [0.2, 0.25) is 5.60 Å². The Morgan fingerprint density at radius 1 is 1.14 bits per heavy atom. The Balaban J connectivity index is 2.40. The number of rotatable bonds is 5. The van der Waals surface area contributed by atoms with E-state index in [1.54, 1.807) is 43.3 Å². The average Bonchev–Trinajstić information content (AvgIpc) is 2.55. The van der Waals surface area contributed by atoms with Gasteiger partial charge in [-0.25, -0.2) is 0 Å². The minimum atomic E-state index is -1.46. The van der Waals surface area contributed by atoms with Gasteiger partial charge in [0.25, 0.3) is 5.91 Å². The zero-order valence-electron chi connectivity index (χ0n) is 12.8. The Morgan fingerprint density at radius 3 is 2.41 bits per heavy atom. The van der Waals surface area contributed by atoms with Crippen molar-refractivity contribution in [1.82, 2.24) is 5.54 Å². The minimum Gasteiger partial charge on any atom is -0.473 e. The van der Waals surface area contributed by atoms with E-state index in [2.05, 4.69) is 0 Å². The third-order valence-corrected chi connectivity index (χ3v) is 3.50. The lowest BCUT2D eigenvalue weighted by Crippen LogP contribution is -2.44. The van der Waals surface area contributed by atoms with Gasteiger partial charge in [-0.1, -0.05) is 36.4 Å². The lowest BCUT2D eigenvalue weighted by Gasteiger charge is -2.29. The quantitative estimate of drug-likeness (QED) is 0.863. The molecule has 1 unspecified atom stereocenters. The summed E-state index contributed by atoms with van der Waals surface area (Å²) in [6.07, 6.45) is 0. The van der Waals surface area contributed by atoms with Crippen LogP contribution in [-0.2, 0) is 10.4 Å². The number of ether oxygens (including phenoxy) is 1. The molecule has 0 aliphatic heterocycles. The highest BCUT2D eigenvalue weighted by Gasteiger charge is 2.38. The van der Waals surface area contributed by atoms with Crippen LogP contribution in [0.15, 0.2) is 54.6 Å². The third kappa shape index (κ3) is 3.19. The third-order valence-electron chi connectivity index (χ3n) is 3.50. The predicted molar refractivity (Wildman–Crippen MR) is 84.4 cm³/mol. The molecule has 1 N–H and O–H groups in total. The fourth-order valence-corrected chi connectivity index (χ4v) is 2.14. The number of benzene rings is 2. The van der Waals surface area contributed by atoms with Crippen LogP contribution in [0.5, 0.6) is 5.75 Å². The van der Waals surface area contributed by atoms with Crippen molar-refractivity contribution in [3.05, 3.63) is 60.2 Å². The smallest absolute Gasteiger partial charge is 0.296 e. The summed E-state index contributed by atoms with van der Waals surface area (Å²) >= 11 is 0. The second-order valence-corrected chi connectivity index (χ2v) is 5.32. The van der Waals surface area contributed by atoms with Crippen LogP contribution in [0.25, 0.3) is 0 Å². The summed E-state index contributed by atoms with van der Waals surface area (Å²) in [6, 6.07) is 16.1. The Labute approximate surface area is 129 Å². The summed E-state index contributed by atoms with van der Waals surface area (Å²) in [7, 11) is 3.81. The molecule has 0 aromatic heterocycles. The fraction of sp³-hybridized carbons (Fsp3) is 0.235. The lowest BCUT2D eigenvalue weighted by molar-refractivity contribution is -0.141. The molecule has 22 heavy (non-hydrogen) atoms. The van der Waals surface area contributed by atoms with Gasteiger partial charge in [-0.05, 0) is 19.1 Å². The lowest BCUT2D eigenvalue weighted by atomic mass is 9.95. The van der Waals surface area contributed by atoms with Gasteiger partial charge < -0.3 is 9.64 Å². The molecule has 1 atom stereocenters. The van der Waals surface area contributed by atoms with E-state index in [0.717, 1.165) is 5.69 Å². The highest BCUT2D eigenvalue weighted by Crippen LogP contribution is 2.30. The van der Waals surface area contributed by atoms with Crippen LogP contribution < -0.4 is 15.2 Å². The van der Waals surface area contributed by atoms with E-state index >= 15 is 0 Å². The second-order valence-electron chi connectivity index (χ2n) is 5.32. The van der Waals surface area contributed by atoms with E-state index in [1.807, 2.05) is 37.2 Å². The molecular weight excluding hydrogens is 283 g/mol. The summed E-state index contributed by atoms with van der Waals surface area (Å²) in [5.74, 6) is -0.366. The van der Waals surface area contributed by atoms with E-state index in [0.29, 0.717) is 11.3 Å². The van der Waals surface area contributed by atoms with Crippen LogP contribution in [0.3, 0.4) is 0 Å². The summed E-state index contributed by atoms with van der Waals surface area (Å²) in [5.41, 5.74) is 1.22. The normalized spacial score (nSPS) is 13.1. The van der Waals surface area contributed by atoms with Gasteiger partial charge in [-0.15, -0.1) is 4.48 Å². The molecule has 1 amide bonds. The maximum Gasteiger partial charge on any atom is 0.296 e. The first-order chi connectivity index (χ1) is 10.5. The number of halogens is 1. The van der Waals surface area contributed by atoms with Gasteiger partial charge in [0.1, 0.15) is 5.75 Å². The van der Waals surface area contributed by atoms with E-state index in [4.69, 9.17) is 4.74 Å². The van der Waals surface area contributed by atoms with Gasteiger partial charge >= 0.3 is 0 Å². The molecule has 0 radical (unpaired) electrons. The fourth-order valence-electron chi connectivity index (χ4n) is 2.14. The zero-order chi connectivity index (χ0) is 16.2. The molecule has 0 aliphatic rings. The Morgan fingerprint density at radius 2 is 1.82 bits per heavy atom. The molecule has 0 saturated carbocycles. The van der Waals surface area contributed by atoms with E-state index in [-0.39, 0.29) is 0 Å². The van der Waals surface area contributed by atoms with Gasteiger partial charge in [-0.3, -0.25) is 4.79 Å². The summed E-state index contributed by atoms with van der Waals surface area (Å²) in [4.78, 5) is 14.0. The molecule has 2 aromatic rings. The molecule has 2 rings (SSSR count). The Bertz CT molecular complexity index is 646. The van der Waals surface area contributed by atoms with Crippen LogP contribution in [0.4, 0.5) is 10.2 Å². The van der Waals surface area contributed by atoms with Crippen molar-refractivity contribution >= 4 is 11.6 Å². The number of nitrogens with one attached hydrogen (secondary N) is 1. The molecule has 0 saturated heterocycles. The van der Waals surface area contributed by atoms with Crippen molar-refractivity contribution in [2.75, 3.05) is 19.0 Å². The minimum absolute atomic E-state index is 0.487. The first-order valence-electron chi connectivity index (χ1n) is 6.90. The van der Waals surface area contributed by atoms with Crippen molar-refractivity contribution in [3.8, 4) is 5.75 Å². The summed E-state index contributed by atoms with van der Waals surface area (Å²) in [5, 5.41) is 0. The van der Waals surface area contributed by atoms with Crippen molar-refractivity contribution in [3.63, 3.8) is 0 Å².